The summed E-state index contributed by atoms with van der Waals surface area (Å²) >= 11 is 6.46. The second-order valence-electron chi connectivity index (χ2n) is 9.70. The summed E-state index contributed by atoms with van der Waals surface area (Å²) in [6.07, 6.45) is 7.97. The third-order valence-corrected chi connectivity index (χ3v) is 7.28. The highest BCUT2D eigenvalue weighted by Gasteiger charge is 2.42. The van der Waals surface area contributed by atoms with Crippen molar-refractivity contribution >= 4 is 23.1 Å². The molecule has 2 aliphatic carbocycles. The highest BCUT2D eigenvalue weighted by Crippen LogP contribution is 2.39. The summed E-state index contributed by atoms with van der Waals surface area (Å²) in [5, 5.41) is 11.0. The Bertz CT molecular complexity index is 964. The van der Waals surface area contributed by atoms with E-state index in [9.17, 15) is 4.39 Å². The Labute approximate surface area is 207 Å². The van der Waals surface area contributed by atoms with E-state index in [0.717, 1.165) is 56.6 Å². The van der Waals surface area contributed by atoms with E-state index in [2.05, 4.69) is 27.9 Å². The molecule has 1 aromatic heterocycles. The maximum Gasteiger partial charge on any atom is 0.131 e. The molecule has 2 saturated carbocycles. The molecular weight excluding hydrogens is 455 g/mol. The van der Waals surface area contributed by atoms with Crippen LogP contribution in [-0.2, 0) is 9.47 Å². The standard InChI is InChI=1S/C26H36ClFN4O2/c1-17(15-33-2)31-18-4-6-19(7-5-18)32-25-13-21(23(27)14-29-25)22-12-20(8-9-24(22)28)30-16-26(34-3)10-11-26/h8-9,12-14,17-19,30-31H,4-7,10-11,15-16H2,1-3H3,(H,29,32)/t17-,18-,19-/m1/s1. The quantitative estimate of drug-likeness (QED) is 0.387. The summed E-state index contributed by atoms with van der Waals surface area (Å²) in [4.78, 5) is 4.46. The van der Waals surface area contributed by atoms with Gasteiger partial charge in [-0.05, 0) is 69.7 Å². The van der Waals surface area contributed by atoms with Crippen LogP contribution in [0.3, 0.4) is 0 Å². The van der Waals surface area contributed by atoms with Crippen molar-refractivity contribution in [1.82, 2.24) is 10.3 Å². The van der Waals surface area contributed by atoms with Crippen molar-refractivity contribution in [2.75, 3.05) is 38.0 Å². The summed E-state index contributed by atoms with van der Waals surface area (Å²) in [5.74, 6) is 0.409. The normalized spacial score (nSPS) is 22.3. The number of ether oxygens (including phenoxy) is 2. The van der Waals surface area contributed by atoms with Gasteiger partial charge in [0.1, 0.15) is 11.6 Å². The first kappa shape index (κ1) is 25.2. The Kier molecular flexibility index (Phi) is 8.30. The number of aromatic nitrogens is 1. The molecule has 8 heteroatoms. The van der Waals surface area contributed by atoms with Crippen LogP contribution in [0.5, 0.6) is 0 Å². The topological polar surface area (TPSA) is 67.4 Å². The van der Waals surface area contributed by atoms with Gasteiger partial charge in [-0.25, -0.2) is 9.37 Å². The minimum Gasteiger partial charge on any atom is -0.383 e. The fourth-order valence-electron chi connectivity index (χ4n) is 4.74. The van der Waals surface area contributed by atoms with Crippen molar-refractivity contribution < 1.29 is 13.9 Å². The molecule has 0 amide bonds. The summed E-state index contributed by atoms with van der Waals surface area (Å²) in [6.45, 7) is 3.57. The lowest BCUT2D eigenvalue weighted by atomic mass is 9.90. The third-order valence-electron chi connectivity index (χ3n) is 6.98. The molecule has 1 heterocycles. The number of halogens is 2. The molecule has 0 saturated heterocycles. The highest BCUT2D eigenvalue weighted by atomic mass is 35.5. The monoisotopic (exact) mass is 490 g/mol. The first-order valence-corrected chi connectivity index (χ1v) is 12.5. The Morgan fingerprint density at radius 2 is 1.85 bits per heavy atom. The second kappa shape index (κ2) is 11.2. The van der Waals surface area contributed by atoms with Crippen LogP contribution >= 0.6 is 11.6 Å². The van der Waals surface area contributed by atoms with E-state index in [1.165, 1.54) is 6.07 Å². The maximum atomic E-state index is 14.8. The van der Waals surface area contributed by atoms with Crippen LogP contribution in [0, 0.1) is 5.82 Å². The van der Waals surface area contributed by atoms with Gasteiger partial charge in [-0.15, -0.1) is 0 Å². The number of hydrogen-bond donors (Lipinski definition) is 3. The van der Waals surface area contributed by atoms with Gasteiger partial charge in [0.05, 0.1) is 17.2 Å². The van der Waals surface area contributed by atoms with Crippen molar-refractivity contribution in [3.8, 4) is 11.1 Å². The molecular formula is C26H36ClFN4O2. The predicted octanol–water partition coefficient (Wildman–Crippen LogP) is 5.48. The molecule has 3 N–H and O–H groups in total. The molecule has 2 aliphatic rings. The van der Waals surface area contributed by atoms with Gasteiger partial charge in [0.2, 0.25) is 0 Å². The van der Waals surface area contributed by atoms with Crippen LogP contribution in [0.25, 0.3) is 11.1 Å². The van der Waals surface area contributed by atoms with E-state index in [4.69, 9.17) is 21.1 Å². The summed E-state index contributed by atoms with van der Waals surface area (Å²) in [5.41, 5.74) is 1.85. The zero-order valence-electron chi connectivity index (χ0n) is 20.3. The molecule has 0 unspecified atom stereocenters. The van der Waals surface area contributed by atoms with Crippen LogP contribution in [0.2, 0.25) is 5.02 Å². The predicted molar refractivity (Wildman–Crippen MR) is 136 cm³/mol. The molecule has 1 atom stereocenters. The number of nitrogens with one attached hydrogen (secondary N) is 3. The molecule has 1 aromatic carbocycles. The number of benzene rings is 1. The number of pyridine rings is 1. The lowest BCUT2D eigenvalue weighted by Crippen LogP contribution is -2.42. The zero-order chi connectivity index (χ0) is 24.1. The average molecular weight is 491 g/mol. The van der Waals surface area contributed by atoms with Crippen LogP contribution < -0.4 is 16.0 Å². The van der Waals surface area contributed by atoms with Crippen LogP contribution in [0.4, 0.5) is 15.9 Å². The lowest BCUT2D eigenvalue weighted by Gasteiger charge is -2.32. The highest BCUT2D eigenvalue weighted by molar-refractivity contribution is 6.33. The van der Waals surface area contributed by atoms with Gasteiger partial charge in [-0.1, -0.05) is 11.6 Å². The van der Waals surface area contributed by atoms with Crippen molar-refractivity contribution in [1.29, 1.82) is 0 Å². The third kappa shape index (κ3) is 6.39. The van der Waals surface area contributed by atoms with E-state index in [1.54, 1.807) is 26.5 Å². The number of hydrogen-bond acceptors (Lipinski definition) is 6. The maximum absolute atomic E-state index is 14.8. The van der Waals surface area contributed by atoms with Crippen molar-refractivity contribution in [2.45, 2.75) is 69.2 Å². The smallest absolute Gasteiger partial charge is 0.131 e. The largest absolute Gasteiger partial charge is 0.383 e. The molecule has 186 valence electrons. The van der Waals surface area contributed by atoms with E-state index in [0.29, 0.717) is 40.8 Å². The van der Waals surface area contributed by atoms with Crippen LogP contribution in [-0.4, -0.2) is 56.1 Å². The van der Waals surface area contributed by atoms with Crippen LogP contribution in [0.1, 0.15) is 45.4 Å². The van der Waals surface area contributed by atoms with Gasteiger partial charge in [0, 0.05) is 61.9 Å². The molecule has 6 nitrogen and oxygen atoms in total. The molecule has 2 fully saturated rings. The van der Waals surface area contributed by atoms with E-state index >= 15 is 0 Å². The van der Waals surface area contributed by atoms with Gasteiger partial charge in [-0.3, -0.25) is 0 Å². The zero-order valence-corrected chi connectivity index (χ0v) is 21.1. The lowest BCUT2D eigenvalue weighted by molar-refractivity contribution is 0.0914. The summed E-state index contributed by atoms with van der Waals surface area (Å²) in [6, 6.07) is 8.08. The molecule has 2 aromatic rings. The number of anilines is 2. The number of methoxy groups -OCH3 is 2. The first-order chi connectivity index (χ1) is 16.4. The Hall–Kier alpha value is -1.93. The van der Waals surface area contributed by atoms with Gasteiger partial charge in [0.25, 0.3) is 0 Å². The van der Waals surface area contributed by atoms with Gasteiger partial charge in [-0.2, -0.15) is 0 Å². The molecule has 34 heavy (non-hydrogen) atoms. The van der Waals surface area contributed by atoms with Crippen molar-refractivity contribution in [3.63, 3.8) is 0 Å². The molecule has 0 radical (unpaired) electrons. The minimum atomic E-state index is -0.311. The minimum absolute atomic E-state index is 0.0870. The van der Waals surface area contributed by atoms with Gasteiger partial charge in [0.15, 0.2) is 0 Å². The number of rotatable bonds is 11. The van der Waals surface area contributed by atoms with Crippen molar-refractivity contribution in [2.24, 2.45) is 0 Å². The second-order valence-corrected chi connectivity index (χ2v) is 10.1. The fourth-order valence-corrected chi connectivity index (χ4v) is 4.94. The molecule has 4 rings (SSSR count). The van der Waals surface area contributed by atoms with Gasteiger partial charge >= 0.3 is 0 Å². The average Bonchev–Trinajstić information content (AvgIpc) is 3.62. The van der Waals surface area contributed by atoms with Crippen LogP contribution in [0.15, 0.2) is 30.5 Å². The fraction of sp³-hybridized carbons (Fsp3) is 0.577. The molecule has 0 aliphatic heterocycles. The molecule has 0 spiro atoms. The van der Waals surface area contributed by atoms with E-state index in [-0.39, 0.29) is 11.4 Å². The van der Waals surface area contributed by atoms with Crippen molar-refractivity contribution in [3.05, 3.63) is 41.3 Å². The number of nitrogens with zero attached hydrogens (tertiary/aromatic N) is 1. The van der Waals surface area contributed by atoms with Gasteiger partial charge < -0.3 is 25.4 Å². The summed E-state index contributed by atoms with van der Waals surface area (Å²) < 4.78 is 25.6. The Morgan fingerprint density at radius 3 is 2.53 bits per heavy atom. The summed E-state index contributed by atoms with van der Waals surface area (Å²) in [7, 11) is 3.47. The molecule has 0 bridgehead atoms. The SMILES string of the molecule is COC[C@@H](C)N[C@H]1CC[C@H](Nc2cc(-c3cc(NCC4(OC)CC4)ccc3F)c(Cl)cn2)CC1. The first-order valence-electron chi connectivity index (χ1n) is 12.2. The Morgan fingerprint density at radius 1 is 1.12 bits per heavy atom. The Balaban J connectivity index is 1.40. The van der Waals surface area contributed by atoms with E-state index < -0.39 is 0 Å². The van der Waals surface area contributed by atoms with E-state index in [1.807, 2.05) is 12.1 Å².